The third-order valence-corrected chi connectivity index (χ3v) is 2.48. The van der Waals surface area contributed by atoms with Crippen LogP contribution in [0.2, 0.25) is 0 Å². The summed E-state index contributed by atoms with van der Waals surface area (Å²) in [4.78, 5) is 34.1. The number of piperidine rings is 1. The minimum atomic E-state index is -0.892. The highest BCUT2D eigenvalue weighted by Crippen LogP contribution is 2.15. The van der Waals surface area contributed by atoms with Crippen molar-refractivity contribution in [3.8, 4) is 0 Å². The zero-order valence-corrected chi connectivity index (χ0v) is 8.81. The van der Waals surface area contributed by atoms with E-state index in [1.807, 2.05) is 5.32 Å². The molecule has 1 aliphatic heterocycles. The van der Waals surface area contributed by atoms with E-state index in [0.29, 0.717) is 19.5 Å². The number of primary amides is 1. The lowest BCUT2D eigenvalue weighted by molar-refractivity contribution is -0.144. The minimum Gasteiger partial charge on any atom is -0.481 e. The van der Waals surface area contributed by atoms with Gasteiger partial charge < -0.3 is 10.8 Å². The maximum absolute atomic E-state index is 11.2. The Kier molecular flexibility index (Phi) is 4.24. The smallest absolute Gasteiger partial charge is 0.318 e. The number of urea groups is 1. The lowest BCUT2D eigenvalue weighted by atomic mass is 9.98. The molecule has 0 aromatic heterocycles. The Balaban J connectivity index is 2.39. The summed E-state index contributed by atoms with van der Waals surface area (Å²) in [5.41, 5.74) is 4.79. The molecule has 3 amide bonds. The van der Waals surface area contributed by atoms with Crippen molar-refractivity contribution in [3.63, 3.8) is 0 Å². The van der Waals surface area contributed by atoms with Crippen molar-refractivity contribution in [2.24, 2.45) is 11.7 Å². The summed E-state index contributed by atoms with van der Waals surface area (Å²) in [6, 6.07) is -0.892. The first kappa shape index (κ1) is 12.4. The SMILES string of the molecule is NC(=O)NC(=O)CN1CCCC(C(=O)O)C1. The number of nitrogens with two attached hydrogens (primary N) is 1. The number of carbonyl (C=O) groups is 3. The summed E-state index contributed by atoms with van der Waals surface area (Å²) >= 11 is 0. The summed E-state index contributed by atoms with van der Waals surface area (Å²) in [7, 11) is 0. The van der Waals surface area contributed by atoms with E-state index in [9.17, 15) is 14.4 Å². The molecule has 7 nitrogen and oxygen atoms in total. The van der Waals surface area contributed by atoms with Crippen LogP contribution in [-0.4, -0.2) is 47.5 Å². The average molecular weight is 229 g/mol. The van der Waals surface area contributed by atoms with Crippen LogP contribution in [0.5, 0.6) is 0 Å². The van der Waals surface area contributed by atoms with Crippen molar-refractivity contribution in [1.82, 2.24) is 10.2 Å². The second kappa shape index (κ2) is 5.45. The molecule has 0 aromatic carbocycles. The van der Waals surface area contributed by atoms with Crippen molar-refractivity contribution < 1.29 is 19.5 Å². The number of likely N-dealkylation sites (tertiary alicyclic amines) is 1. The number of carbonyl (C=O) groups excluding carboxylic acids is 2. The topological polar surface area (TPSA) is 113 Å². The fourth-order valence-electron chi connectivity index (χ4n) is 1.78. The maximum Gasteiger partial charge on any atom is 0.318 e. The molecule has 1 aliphatic rings. The molecule has 7 heteroatoms. The summed E-state index contributed by atoms with van der Waals surface area (Å²) in [5.74, 6) is -1.78. The van der Waals surface area contributed by atoms with E-state index >= 15 is 0 Å². The van der Waals surface area contributed by atoms with E-state index in [0.717, 1.165) is 6.42 Å². The first-order chi connectivity index (χ1) is 7.49. The van der Waals surface area contributed by atoms with E-state index in [1.54, 1.807) is 4.90 Å². The van der Waals surface area contributed by atoms with E-state index < -0.39 is 23.8 Å². The van der Waals surface area contributed by atoms with Gasteiger partial charge in [-0.1, -0.05) is 0 Å². The molecule has 1 rings (SSSR count). The van der Waals surface area contributed by atoms with Crippen molar-refractivity contribution in [1.29, 1.82) is 0 Å². The quantitative estimate of drug-likeness (QED) is 0.573. The van der Waals surface area contributed by atoms with Gasteiger partial charge in [0, 0.05) is 6.54 Å². The largest absolute Gasteiger partial charge is 0.481 e. The zero-order valence-electron chi connectivity index (χ0n) is 8.81. The Labute approximate surface area is 92.6 Å². The number of amides is 3. The van der Waals surface area contributed by atoms with Gasteiger partial charge in [0.05, 0.1) is 12.5 Å². The fraction of sp³-hybridized carbons (Fsp3) is 0.667. The van der Waals surface area contributed by atoms with Gasteiger partial charge >= 0.3 is 12.0 Å². The summed E-state index contributed by atoms with van der Waals surface area (Å²) in [5, 5.41) is 10.8. The van der Waals surface area contributed by atoms with Crippen LogP contribution in [0.4, 0.5) is 4.79 Å². The molecule has 1 atom stereocenters. The van der Waals surface area contributed by atoms with Crippen LogP contribution in [0.15, 0.2) is 0 Å². The van der Waals surface area contributed by atoms with Gasteiger partial charge in [0.2, 0.25) is 5.91 Å². The number of carboxylic acid groups (broad SMARTS) is 1. The fourth-order valence-corrected chi connectivity index (χ4v) is 1.78. The van der Waals surface area contributed by atoms with Gasteiger partial charge in [-0.05, 0) is 19.4 Å². The van der Waals surface area contributed by atoms with Gasteiger partial charge in [0.1, 0.15) is 0 Å². The molecular formula is C9H15N3O4. The molecular weight excluding hydrogens is 214 g/mol. The Bertz CT molecular complexity index is 305. The third-order valence-electron chi connectivity index (χ3n) is 2.48. The molecule has 1 unspecified atom stereocenters. The Morgan fingerprint density at radius 1 is 1.44 bits per heavy atom. The molecule has 1 heterocycles. The van der Waals surface area contributed by atoms with Crippen molar-refractivity contribution >= 4 is 17.9 Å². The van der Waals surface area contributed by atoms with Crippen molar-refractivity contribution in [2.45, 2.75) is 12.8 Å². The second-order valence-corrected chi connectivity index (χ2v) is 3.82. The molecule has 16 heavy (non-hydrogen) atoms. The van der Waals surface area contributed by atoms with Gasteiger partial charge in [-0.3, -0.25) is 19.8 Å². The zero-order chi connectivity index (χ0) is 12.1. The molecule has 0 bridgehead atoms. The summed E-state index contributed by atoms with van der Waals surface area (Å²) in [6.45, 7) is 1.00. The van der Waals surface area contributed by atoms with Crippen LogP contribution in [-0.2, 0) is 9.59 Å². The van der Waals surface area contributed by atoms with Crippen molar-refractivity contribution in [2.75, 3.05) is 19.6 Å². The predicted octanol–water partition coefficient (Wildman–Crippen LogP) is -1.02. The van der Waals surface area contributed by atoms with Crippen LogP contribution in [0.25, 0.3) is 0 Å². The molecule has 0 aromatic rings. The Hall–Kier alpha value is -1.63. The van der Waals surface area contributed by atoms with Gasteiger partial charge in [0.25, 0.3) is 0 Å². The third kappa shape index (κ3) is 3.85. The van der Waals surface area contributed by atoms with E-state index in [1.165, 1.54) is 0 Å². The second-order valence-electron chi connectivity index (χ2n) is 3.82. The van der Waals surface area contributed by atoms with Gasteiger partial charge in [-0.25, -0.2) is 4.79 Å². The predicted molar refractivity (Wildman–Crippen MR) is 54.5 cm³/mol. The number of carboxylic acids is 1. The van der Waals surface area contributed by atoms with Crippen LogP contribution in [0.3, 0.4) is 0 Å². The number of nitrogens with one attached hydrogen (secondary N) is 1. The molecule has 0 aliphatic carbocycles. The number of hydrogen-bond donors (Lipinski definition) is 3. The van der Waals surface area contributed by atoms with Crippen LogP contribution < -0.4 is 11.1 Å². The average Bonchev–Trinajstić information content (AvgIpc) is 2.16. The van der Waals surface area contributed by atoms with Crippen LogP contribution >= 0.6 is 0 Å². The molecule has 0 spiro atoms. The monoisotopic (exact) mass is 229 g/mol. The number of imide groups is 1. The first-order valence-corrected chi connectivity index (χ1v) is 5.03. The summed E-state index contributed by atoms with van der Waals surface area (Å²) < 4.78 is 0. The molecule has 1 saturated heterocycles. The number of rotatable bonds is 3. The maximum atomic E-state index is 11.2. The van der Waals surface area contributed by atoms with Gasteiger partial charge in [-0.15, -0.1) is 0 Å². The summed E-state index contributed by atoms with van der Waals surface area (Å²) in [6.07, 6.45) is 1.37. The minimum absolute atomic E-state index is 0.00667. The highest BCUT2D eigenvalue weighted by molar-refractivity contribution is 5.94. The van der Waals surface area contributed by atoms with Crippen LogP contribution in [0, 0.1) is 5.92 Å². The normalized spacial score (nSPS) is 21.4. The molecule has 0 saturated carbocycles. The molecule has 4 N–H and O–H groups in total. The first-order valence-electron chi connectivity index (χ1n) is 5.03. The highest BCUT2D eigenvalue weighted by Gasteiger charge is 2.26. The number of nitrogens with zero attached hydrogens (tertiary/aromatic N) is 1. The molecule has 90 valence electrons. The highest BCUT2D eigenvalue weighted by atomic mass is 16.4. The van der Waals surface area contributed by atoms with Gasteiger partial charge in [-0.2, -0.15) is 0 Å². The number of hydrogen-bond acceptors (Lipinski definition) is 4. The molecule has 0 radical (unpaired) electrons. The molecule has 1 fully saturated rings. The van der Waals surface area contributed by atoms with Crippen molar-refractivity contribution in [3.05, 3.63) is 0 Å². The van der Waals surface area contributed by atoms with E-state index in [-0.39, 0.29) is 6.54 Å². The Morgan fingerprint density at radius 2 is 2.12 bits per heavy atom. The van der Waals surface area contributed by atoms with E-state index in [4.69, 9.17) is 10.8 Å². The standard InChI is InChI=1S/C9H15N3O4/c10-9(16)11-7(13)5-12-3-1-2-6(4-12)8(14)15/h6H,1-5H2,(H,14,15)(H3,10,11,13,16). The van der Waals surface area contributed by atoms with Crippen LogP contribution in [0.1, 0.15) is 12.8 Å². The lowest BCUT2D eigenvalue weighted by Crippen LogP contribution is -2.46. The lowest BCUT2D eigenvalue weighted by Gasteiger charge is -2.29. The van der Waals surface area contributed by atoms with Gasteiger partial charge in [0.15, 0.2) is 0 Å². The number of aliphatic carboxylic acids is 1. The Morgan fingerprint density at radius 3 is 2.69 bits per heavy atom. The van der Waals surface area contributed by atoms with E-state index in [2.05, 4.69) is 0 Å².